The number of aryl methyl sites for hydroxylation is 1. The Hall–Kier alpha value is -1.16. The molecule has 128 valence electrons. The van der Waals surface area contributed by atoms with Crippen LogP contribution in [0, 0.1) is 6.92 Å². The molecule has 2 rings (SSSR count). The molecule has 0 amide bonds. The molecule has 0 bridgehead atoms. The summed E-state index contributed by atoms with van der Waals surface area (Å²) in [7, 11) is 0. The average molecular weight is 335 g/mol. The summed E-state index contributed by atoms with van der Waals surface area (Å²) in [4.78, 5) is 0. The lowest BCUT2D eigenvalue weighted by atomic mass is 10.1. The Morgan fingerprint density at radius 1 is 0.826 bits per heavy atom. The van der Waals surface area contributed by atoms with Gasteiger partial charge in [0.25, 0.3) is 0 Å². The molecule has 1 aromatic heterocycles. The molecule has 0 atom stereocenters. The molecule has 0 fully saturated rings. The second-order valence-corrected chi connectivity index (χ2v) is 6.93. The number of ether oxygens (including phenoxy) is 1. The molecule has 0 unspecified atom stereocenters. The van der Waals surface area contributed by atoms with Crippen LogP contribution in [0.3, 0.4) is 0 Å². The summed E-state index contributed by atoms with van der Waals surface area (Å²) < 4.78 is 14.5. The number of unbranched alkanes of at least 4 members (excludes halogenated alkanes) is 9. The molecular formula is C19H30N2OS. The third-order valence-corrected chi connectivity index (χ3v) is 4.86. The molecule has 0 radical (unpaired) electrons. The lowest BCUT2D eigenvalue weighted by molar-refractivity contribution is 0.302. The van der Waals surface area contributed by atoms with E-state index in [1.54, 1.807) is 0 Å². The van der Waals surface area contributed by atoms with Crippen molar-refractivity contribution in [2.24, 2.45) is 0 Å². The van der Waals surface area contributed by atoms with E-state index in [-0.39, 0.29) is 0 Å². The van der Waals surface area contributed by atoms with Gasteiger partial charge in [-0.25, -0.2) is 0 Å². The fraction of sp³-hybridized carbons (Fsp3) is 0.684. The van der Waals surface area contributed by atoms with Crippen molar-refractivity contribution in [1.29, 1.82) is 0 Å². The molecule has 0 N–H and O–H groups in total. The van der Waals surface area contributed by atoms with Gasteiger partial charge in [-0.3, -0.25) is 0 Å². The van der Waals surface area contributed by atoms with E-state index in [1.165, 1.54) is 69.5 Å². The maximum absolute atomic E-state index is 5.92. The highest BCUT2D eigenvalue weighted by molar-refractivity contribution is 7.00. The number of aromatic nitrogens is 2. The molecule has 0 saturated carbocycles. The van der Waals surface area contributed by atoms with Gasteiger partial charge in [-0.2, -0.15) is 8.75 Å². The standard InChI is InChI=1S/C19H30N2OS/c1-3-4-5-6-7-8-9-10-11-12-13-22-19-15-18-17(14-16(19)2)20-23-21-18/h14-15H,3-13H2,1-2H3. The second kappa shape index (κ2) is 10.6. The first kappa shape index (κ1) is 18.2. The van der Waals surface area contributed by atoms with E-state index in [4.69, 9.17) is 4.74 Å². The normalized spacial score (nSPS) is 11.2. The van der Waals surface area contributed by atoms with Crippen LogP contribution in [0.25, 0.3) is 11.0 Å². The molecular weight excluding hydrogens is 304 g/mol. The second-order valence-electron chi connectivity index (χ2n) is 6.40. The highest BCUT2D eigenvalue weighted by atomic mass is 32.1. The van der Waals surface area contributed by atoms with Crippen LogP contribution >= 0.6 is 11.7 Å². The van der Waals surface area contributed by atoms with Gasteiger partial charge >= 0.3 is 0 Å². The van der Waals surface area contributed by atoms with Crippen LogP contribution in [0.2, 0.25) is 0 Å². The summed E-state index contributed by atoms with van der Waals surface area (Å²) >= 11 is 1.26. The molecule has 0 spiro atoms. The van der Waals surface area contributed by atoms with Crippen molar-refractivity contribution in [3.63, 3.8) is 0 Å². The topological polar surface area (TPSA) is 35.0 Å². The van der Waals surface area contributed by atoms with Crippen molar-refractivity contribution < 1.29 is 4.74 Å². The molecule has 4 heteroatoms. The highest BCUT2D eigenvalue weighted by Crippen LogP contribution is 2.24. The molecule has 0 aliphatic rings. The zero-order valence-corrected chi connectivity index (χ0v) is 15.5. The fourth-order valence-corrected chi connectivity index (χ4v) is 3.35. The van der Waals surface area contributed by atoms with Gasteiger partial charge in [-0.1, -0.05) is 64.7 Å². The van der Waals surface area contributed by atoms with Crippen LogP contribution in [-0.4, -0.2) is 15.4 Å². The van der Waals surface area contributed by atoms with E-state index in [2.05, 4.69) is 28.7 Å². The van der Waals surface area contributed by atoms with Gasteiger partial charge in [-0.05, 0) is 25.0 Å². The maximum atomic E-state index is 5.92. The lowest BCUT2D eigenvalue weighted by Crippen LogP contribution is -1.99. The van der Waals surface area contributed by atoms with Crippen molar-refractivity contribution in [3.05, 3.63) is 17.7 Å². The minimum absolute atomic E-state index is 0.806. The molecule has 1 heterocycles. The number of hydrogen-bond donors (Lipinski definition) is 0. The minimum Gasteiger partial charge on any atom is -0.493 e. The summed E-state index contributed by atoms with van der Waals surface area (Å²) in [6.07, 6.45) is 13.5. The first-order chi connectivity index (χ1) is 11.3. The maximum Gasteiger partial charge on any atom is 0.124 e. The van der Waals surface area contributed by atoms with Gasteiger partial charge in [0.1, 0.15) is 16.8 Å². The Morgan fingerprint density at radius 3 is 2.04 bits per heavy atom. The van der Waals surface area contributed by atoms with Crippen LogP contribution < -0.4 is 4.74 Å². The molecule has 0 aliphatic carbocycles. The predicted molar refractivity (Wildman–Crippen MR) is 99.5 cm³/mol. The molecule has 0 saturated heterocycles. The molecule has 0 aliphatic heterocycles. The Morgan fingerprint density at radius 2 is 1.39 bits per heavy atom. The zero-order chi connectivity index (χ0) is 16.3. The van der Waals surface area contributed by atoms with Crippen molar-refractivity contribution in [2.75, 3.05) is 6.61 Å². The fourth-order valence-electron chi connectivity index (χ4n) is 2.84. The van der Waals surface area contributed by atoms with Crippen LogP contribution in [0.15, 0.2) is 12.1 Å². The molecule has 1 aromatic carbocycles. The van der Waals surface area contributed by atoms with Gasteiger partial charge in [0.15, 0.2) is 0 Å². The summed E-state index contributed by atoms with van der Waals surface area (Å²) in [5.41, 5.74) is 3.06. The van der Waals surface area contributed by atoms with Crippen molar-refractivity contribution >= 4 is 22.8 Å². The van der Waals surface area contributed by atoms with Crippen molar-refractivity contribution in [3.8, 4) is 5.75 Å². The van der Waals surface area contributed by atoms with Crippen LogP contribution in [-0.2, 0) is 0 Å². The Kier molecular flexibility index (Phi) is 8.37. The Balaban J connectivity index is 1.52. The van der Waals surface area contributed by atoms with Gasteiger partial charge in [0.05, 0.1) is 18.3 Å². The Bertz CT molecular complexity index is 567. The summed E-state index contributed by atoms with van der Waals surface area (Å²) in [5, 5.41) is 0. The van der Waals surface area contributed by atoms with Crippen LogP contribution in [0.1, 0.15) is 76.7 Å². The van der Waals surface area contributed by atoms with Crippen molar-refractivity contribution in [2.45, 2.75) is 78.1 Å². The number of rotatable bonds is 12. The predicted octanol–water partition coefficient (Wildman–Crippen LogP) is 6.30. The highest BCUT2D eigenvalue weighted by Gasteiger charge is 2.05. The largest absolute Gasteiger partial charge is 0.493 e. The summed E-state index contributed by atoms with van der Waals surface area (Å²) in [5.74, 6) is 0.959. The minimum atomic E-state index is 0.806. The Labute approximate surface area is 144 Å². The first-order valence-corrected chi connectivity index (χ1v) is 9.90. The van der Waals surface area contributed by atoms with Crippen LogP contribution in [0.4, 0.5) is 0 Å². The molecule has 23 heavy (non-hydrogen) atoms. The first-order valence-electron chi connectivity index (χ1n) is 9.17. The van der Waals surface area contributed by atoms with E-state index in [0.29, 0.717) is 0 Å². The quantitative estimate of drug-likeness (QED) is 0.427. The van der Waals surface area contributed by atoms with Gasteiger partial charge in [-0.15, -0.1) is 0 Å². The number of fused-ring (bicyclic) bond motifs is 1. The van der Waals surface area contributed by atoms with Gasteiger partial charge in [0.2, 0.25) is 0 Å². The monoisotopic (exact) mass is 334 g/mol. The van der Waals surface area contributed by atoms with E-state index in [9.17, 15) is 0 Å². The summed E-state index contributed by atoms with van der Waals surface area (Å²) in [6, 6.07) is 4.08. The lowest BCUT2D eigenvalue weighted by Gasteiger charge is -2.09. The van der Waals surface area contributed by atoms with E-state index >= 15 is 0 Å². The van der Waals surface area contributed by atoms with Gasteiger partial charge < -0.3 is 4.74 Å². The van der Waals surface area contributed by atoms with Crippen molar-refractivity contribution in [1.82, 2.24) is 8.75 Å². The average Bonchev–Trinajstić information content (AvgIpc) is 2.99. The zero-order valence-electron chi connectivity index (χ0n) is 14.6. The summed E-state index contributed by atoms with van der Waals surface area (Å²) in [6.45, 7) is 5.16. The third-order valence-electron chi connectivity index (χ3n) is 4.31. The van der Waals surface area contributed by atoms with Crippen LogP contribution in [0.5, 0.6) is 5.75 Å². The molecule has 3 nitrogen and oxygen atoms in total. The number of benzene rings is 1. The van der Waals surface area contributed by atoms with E-state index in [0.717, 1.165) is 35.4 Å². The number of nitrogens with zero attached hydrogens (tertiary/aromatic N) is 2. The molecule has 2 aromatic rings. The van der Waals surface area contributed by atoms with Gasteiger partial charge in [0, 0.05) is 6.07 Å². The smallest absolute Gasteiger partial charge is 0.124 e. The van der Waals surface area contributed by atoms with E-state index < -0.39 is 0 Å². The third kappa shape index (κ3) is 6.46. The SMILES string of the molecule is CCCCCCCCCCCCOc1cc2nsnc2cc1C. The number of hydrogen-bond acceptors (Lipinski definition) is 4. The van der Waals surface area contributed by atoms with E-state index in [1.807, 2.05) is 6.07 Å².